The van der Waals surface area contributed by atoms with Crippen LogP contribution in [0.25, 0.3) is 0 Å². The zero-order valence-electron chi connectivity index (χ0n) is 17.0. The molecule has 0 aliphatic carbocycles. The number of amides is 1. The predicted molar refractivity (Wildman–Crippen MR) is 119 cm³/mol. The zero-order chi connectivity index (χ0) is 21.3. The summed E-state index contributed by atoms with van der Waals surface area (Å²) >= 11 is 1.57. The number of thioether (sulfide) groups is 1. The summed E-state index contributed by atoms with van der Waals surface area (Å²) in [6.07, 6.45) is 0. The quantitative estimate of drug-likeness (QED) is 0.777. The molecule has 2 heterocycles. The number of methoxy groups -OCH3 is 1. The van der Waals surface area contributed by atoms with E-state index in [2.05, 4.69) is 10.2 Å². The molecule has 0 aromatic heterocycles. The average molecular weight is 448 g/mol. The summed E-state index contributed by atoms with van der Waals surface area (Å²) in [7, 11) is -2.01. The van der Waals surface area contributed by atoms with Gasteiger partial charge in [0.15, 0.2) is 0 Å². The lowest BCUT2D eigenvalue weighted by molar-refractivity contribution is -0.118. The maximum Gasteiger partial charge on any atom is 0.243 e. The van der Waals surface area contributed by atoms with Gasteiger partial charge in [-0.15, -0.1) is 11.8 Å². The van der Waals surface area contributed by atoms with Crippen molar-refractivity contribution in [3.05, 3.63) is 42.5 Å². The van der Waals surface area contributed by atoms with E-state index in [9.17, 15) is 13.2 Å². The number of nitrogens with one attached hydrogen (secondary N) is 1. The molecule has 2 aromatic carbocycles. The normalized spacial score (nSPS) is 20.3. The Labute approximate surface area is 181 Å². The summed E-state index contributed by atoms with van der Waals surface area (Å²) in [6, 6.07) is 12.8. The SMILES string of the molecule is COc1ccccc1N1CCN(S(=O)(=O)c2ccc3c(c2)NC(=O)C(C)CS3)CC1. The molecule has 1 N–H and O–H groups in total. The van der Waals surface area contributed by atoms with Crippen molar-refractivity contribution in [2.75, 3.05) is 49.3 Å². The monoisotopic (exact) mass is 447 g/mol. The van der Waals surface area contributed by atoms with Gasteiger partial charge in [-0.25, -0.2) is 8.42 Å². The number of sulfonamides is 1. The summed E-state index contributed by atoms with van der Waals surface area (Å²) in [5.41, 5.74) is 1.54. The lowest BCUT2D eigenvalue weighted by Crippen LogP contribution is -2.48. The van der Waals surface area contributed by atoms with E-state index < -0.39 is 10.0 Å². The molecular formula is C21H25N3O4S2. The number of nitrogens with zero attached hydrogens (tertiary/aromatic N) is 2. The number of carbonyl (C=O) groups is 1. The minimum atomic E-state index is -3.64. The second-order valence-electron chi connectivity index (χ2n) is 7.42. The molecule has 1 amide bonds. The van der Waals surface area contributed by atoms with Gasteiger partial charge in [-0.3, -0.25) is 4.79 Å². The molecule has 2 aliphatic heterocycles. The number of anilines is 2. The lowest BCUT2D eigenvalue weighted by Gasteiger charge is -2.36. The molecule has 7 nitrogen and oxygen atoms in total. The molecular weight excluding hydrogens is 422 g/mol. The van der Waals surface area contributed by atoms with Crippen molar-refractivity contribution >= 4 is 39.1 Å². The fourth-order valence-electron chi connectivity index (χ4n) is 3.65. The van der Waals surface area contributed by atoms with E-state index in [0.717, 1.165) is 16.3 Å². The van der Waals surface area contributed by atoms with Crippen LogP contribution in [-0.2, 0) is 14.8 Å². The lowest BCUT2D eigenvalue weighted by atomic mass is 10.2. The number of piperazine rings is 1. The van der Waals surface area contributed by atoms with Crippen molar-refractivity contribution in [1.82, 2.24) is 4.31 Å². The van der Waals surface area contributed by atoms with E-state index in [4.69, 9.17) is 4.74 Å². The largest absolute Gasteiger partial charge is 0.495 e. The van der Waals surface area contributed by atoms with Crippen LogP contribution in [-0.4, -0.2) is 57.7 Å². The zero-order valence-corrected chi connectivity index (χ0v) is 18.6. The van der Waals surface area contributed by atoms with Gasteiger partial charge in [0.2, 0.25) is 15.9 Å². The molecule has 2 aromatic rings. The number of hydrogen-bond donors (Lipinski definition) is 1. The van der Waals surface area contributed by atoms with Gasteiger partial charge < -0.3 is 15.0 Å². The van der Waals surface area contributed by atoms with Crippen molar-refractivity contribution in [2.45, 2.75) is 16.7 Å². The Morgan fingerprint density at radius 2 is 1.83 bits per heavy atom. The second-order valence-corrected chi connectivity index (χ2v) is 10.4. The summed E-state index contributed by atoms with van der Waals surface area (Å²) in [5.74, 6) is 1.25. The second kappa shape index (κ2) is 8.49. The third kappa shape index (κ3) is 4.01. The van der Waals surface area contributed by atoms with Gasteiger partial charge in [0.25, 0.3) is 0 Å². The van der Waals surface area contributed by atoms with E-state index in [0.29, 0.717) is 37.6 Å². The number of rotatable bonds is 4. The molecule has 0 spiro atoms. The topological polar surface area (TPSA) is 79.0 Å². The fourth-order valence-corrected chi connectivity index (χ4v) is 6.11. The van der Waals surface area contributed by atoms with Crippen LogP contribution >= 0.6 is 11.8 Å². The number of hydrogen-bond acceptors (Lipinski definition) is 6. The predicted octanol–water partition coefficient (Wildman–Crippen LogP) is 2.89. The summed E-state index contributed by atoms with van der Waals surface area (Å²) < 4.78 is 33.4. The van der Waals surface area contributed by atoms with Crippen LogP contribution < -0.4 is 15.0 Å². The van der Waals surface area contributed by atoms with Gasteiger partial charge in [-0.2, -0.15) is 4.31 Å². The first kappa shape index (κ1) is 21.0. The highest BCUT2D eigenvalue weighted by molar-refractivity contribution is 7.99. The molecule has 1 atom stereocenters. The molecule has 0 saturated carbocycles. The van der Waals surface area contributed by atoms with Gasteiger partial charge in [0.1, 0.15) is 5.75 Å². The molecule has 1 fully saturated rings. The van der Waals surface area contributed by atoms with Crippen LogP contribution in [0.15, 0.2) is 52.3 Å². The maximum atomic E-state index is 13.2. The number of fused-ring (bicyclic) bond motifs is 1. The first-order chi connectivity index (χ1) is 14.4. The highest BCUT2D eigenvalue weighted by atomic mass is 32.2. The number of benzene rings is 2. The van der Waals surface area contributed by atoms with Crippen LogP contribution in [0.4, 0.5) is 11.4 Å². The van der Waals surface area contributed by atoms with Crippen molar-refractivity contribution in [3.63, 3.8) is 0 Å². The molecule has 30 heavy (non-hydrogen) atoms. The average Bonchev–Trinajstić information content (AvgIpc) is 2.91. The van der Waals surface area contributed by atoms with Crippen LogP contribution in [0.1, 0.15) is 6.92 Å². The van der Waals surface area contributed by atoms with Crippen molar-refractivity contribution < 1.29 is 17.9 Å². The molecule has 4 rings (SSSR count). The van der Waals surface area contributed by atoms with E-state index >= 15 is 0 Å². The Bertz CT molecular complexity index is 1050. The highest BCUT2D eigenvalue weighted by Crippen LogP contribution is 2.35. The Hall–Kier alpha value is -2.23. The summed E-state index contributed by atoms with van der Waals surface area (Å²) in [6.45, 7) is 3.79. The Morgan fingerprint density at radius 3 is 2.57 bits per heavy atom. The molecule has 160 valence electrons. The molecule has 2 aliphatic rings. The van der Waals surface area contributed by atoms with Gasteiger partial charge in [0, 0.05) is 42.7 Å². The number of para-hydroxylation sites is 2. The number of ether oxygens (including phenoxy) is 1. The van der Waals surface area contributed by atoms with Crippen LogP contribution in [0, 0.1) is 5.92 Å². The van der Waals surface area contributed by atoms with Gasteiger partial charge >= 0.3 is 0 Å². The molecule has 0 bridgehead atoms. The maximum absolute atomic E-state index is 13.2. The summed E-state index contributed by atoms with van der Waals surface area (Å²) in [4.78, 5) is 15.4. The van der Waals surface area contributed by atoms with E-state index in [1.165, 1.54) is 4.31 Å². The van der Waals surface area contributed by atoms with Gasteiger partial charge in [-0.05, 0) is 30.3 Å². The number of carbonyl (C=O) groups excluding carboxylic acids is 1. The Morgan fingerprint density at radius 1 is 1.10 bits per heavy atom. The third-order valence-corrected chi connectivity index (χ3v) is 8.68. The molecule has 0 radical (unpaired) electrons. The fraction of sp³-hybridized carbons (Fsp3) is 0.381. The van der Waals surface area contributed by atoms with Crippen molar-refractivity contribution in [3.8, 4) is 5.75 Å². The minimum Gasteiger partial charge on any atom is -0.495 e. The van der Waals surface area contributed by atoms with E-state index in [1.54, 1.807) is 37.1 Å². The van der Waals surface area contributed by atoms with Gasteiger partial charge in [-0.1, -0.05) is 19.1 Å². The minimum absolute atomic E-state index is 0.0822. The van der Waals surface area contributed by atoms with Crippen molar-refractivity contribution in [1.29, 1.82) is 0 Å². The van der Waals surface area contributed by atoms with Crippen molar-refractivity contribution in [2.24, 2.45) is 5.92 Å². The van der Waals surface area contributed by atoms with Crippen LogP contribution in [0.5, 0.6) is 5.75 Å². The standard InChI is InChI=1S/C21H25N3O4S2/c1-15-14-29-20-8-7-16(13-17(20)22-21(15)25)30(26,27)24-11-9-23(10-12-24)18-5-3-4-6-19(18)28-2/h3-8,13,15H,9-12,14H2,1-2H3,(H,22,25). The Balaban J connectivity index is 1.51. The first-order valence-corrected chi connectivity index (χ1v) is 12.3. The van der Waals surface area contributed by atoms with E-state index in [-0.39, 0.29) is 16.7 Å². The molecule has 1 unspecified atom stereocenters. The molecule has 9 heteroatoms. The summed E-state index contributed by atoms with van der Waals surface area (Å²) in [5, 5.41) is 2.86. The van der Waals surface area contributed by atoms with Crippen LogP contribution in [0.3, 0.4) is 0 Å². The van der Waals surface area contributed by atoms with E-state index in [1.807, 2.05) is 31.2 Å². The smallest absolute Gasteiger partial charge is 0.243 e. The highest BCUT2D eigenvalue weighted by Gasteiger charge is 2.30. The van der Waals surface area contributed by atoms with Crippen LogP contribution in [0.2, 0.25) is 0 Å². The third-order valence-electron chi connectivity index (χ3n) is 5.45. The molecule has 1 saturated heterocycles. The van der Waals surface area contributed by atoms with Gasteiger partial charge in [0.05, 0.1) is 23.4 Å². The Kier molecular flexibility index (Phi) is 5.95. The first-order valence-electron chi connectivity index (χ1n) is 9.86.